The van der Waals surface area contributed by atoms with Gasteiger partial charge in [-0.25, -0.2) is 9.78 Å². The van der Waals surface area contributed by atoms with E-state index in [4.69, 9.17) is 0 Å². The van der Waals surface area contributed by atoms with Crippen LogP contribution in [0.3, 0.4) is 0 Å². The van der Waals surface area contributed by atoms with Crippen LogP contribution in [0.1, 0.15) is 33.3 Å². The van der Waals surface area contributed by atoms with E-state index in [9.17, 15) is 19.8 Å². The number of carbonyl (C=O) groups is 2. The van der Waals surface area contributed by atoms with Crippen molar-refractivity contribution >= 4 is 28.9 Å². The molecule has 126 valence electrons. The Hall–Kier alpha value is -3.39. The lowest BCUT2D eigenvalue weighted by molar-refractivity contribution is 0.0692. The summed E-state index contributed by atoms with van der Waals surface area (Å²) >= 11 is 0. The quantitative estimate of drug-likeness (QED) is 0.547. The van der Waals surface area contributed by atoms with Crippen molar-refractivity contribution in [3.63, 3.8) is 0 Å². The fourth-order valence-corrected chi connectivity index (χ4v) is 2.34. The van der Waals surface area contributed by atoms with Crippen LogP contribution in [0.5, 0.6) is 0 Å². The average molecular weight is 338 g/mol. The monoisotopic (exact) mass is 338 g/mol. The molecule has 0 aliphatic carbocycles. The minimum atomic E-state index is -1.24. The summed E-state index contributed by atoms with van der Waals surface area (Å²) < 4.78 is 1.46. The van der Waals surface area contributed by atoms with Crippen LogP contribution in [-0.4, -0.2) is 31.4 Å². The number of imidazole rings is 1. The maximum Gasteiger partial charge on any atom is 0.358 e. The van der Waals surface area contributed by atoms with Crippen molar-refractivity contribution in [2.45, 2.75) is 13.5 Å². The van der Waals surface area contributed by atoms with E-state index in [1.54, 1.807) is 42.6 Å². The summed E-state index contributed by atoms with van der Waals surface area (Å²) in [5.41, 5.74) is 1.55. The van der Waals surface area contributed by atoms with Gasteiger partial charge < -0.3 is 10.2 Å². The van der Waals surface area contributed by atoms with Gasteiger partial charge in [-0.3, -0.25) is 9.20 Å². The Bertz CT molecular complexity index is 990. The van der Waals surface area contributed by atoms with Gasteiger partial charge in [-0.2, -0.15) is 0 Å². The number of carbonyl (C=O) groups excluding carboxylic acids is 1. The fourth-order valence-electron chi connectivity index (χ4n) is 2.34. The van der Waals surface area contributed by atoms with Crippen molar-refractivity contribution in [3.8, 4) is 0 Å². The van der Waals surface area contributed by atoms with Gasteiger partial charge >= 0.3 is 5.97 Å². The molecule has 0 radical (unpaired) electrons. The number of benzene rings is 1. The minimum absolute atomic E-state index is 0.0495. The molecule has 0 amide bonds. The number of ketones is 1. The molecule has 0 saturated carbocycles. The molecule has 0 aliphatic heterocycles. The molecule has 25 heavy (non-hydrogen) atoms. The van der Waals surface area contributed by atoms with Gasteiger partial charge in [-0.1, -0.05) is 6.07 Å². The van der Waals surface area contributed by atoms with Crippen LogP contribution in [-0.2, 0) is 6.61 Å². The lowest BCUT2D eigenvalue weighted by atomic mass is 10.1. The van der Waals surface area contributed by atoms with Crippen molar-refractivity contribution < 1.29 is 19.8 Å². The number of aromatic carboxylic acids is 1. The molecule has 8 nitrogen and oxygen atoms in total. The third-order valence-corrected chi connectivity index (χ3v) is 3.61. The largest absolute Gasteiger partial charge is 0.476 e. The van der Waals surface area contributed by atoms with E-state index in [-0.39, 0.29) is 23.9 Å². The summed E-state index contributed by atoms with van der Waals surface area (Å²) in [5, 5.41) is 26.8. The van der Waals surface area contributed by atoms with E-state index in [0.29, 0.717) is 22.5 Å². The molecule has 2 aromatic heterocycles. The number of carboxylic acids is 1. The highest BCUT2D eigenvalue weighted by Crippen LogP contribution is 2.26. The number of fused-ring (bicyclic) bond motifs is 1. The molecule has 0 saturated heterocycles. The number of azo groups is 1. The number of aromatic nitrogens is 2. The van der Waals surface area contributed by atoms with Gasteiger partial charge in [0, 0.05) is 17.3 Å². The number of hydrogen-bond donors (Lipinski definition) is 2. The third kappa shape index (κ3) is 3.15. The molecule has 2 N–H and O–H groups in total. The number of aliphatic hydroxyl groups excluding tert-OH is 1. The van der Waals surface area contributed by atoms with Crippen molar-refractivity contribution in [2.24, 2.45) is 10.2 Å². The summed E-state index contributed by atoms with van der Waals surface area (Å²) in [6.07, 6.45) is 1.60. The van der Waals surface area contributed by atoms with Crippen molar-refractivity contribution in [2.75, 3.05) is 0 Å². The van der Waals surface area contributed by atoms with E-state index >= 15 is 0 Å². The number of Topliss-reactive ketones (excluding diaryl/α,β-unsaturated/α-hetero) is 1. The van der Waals surface area contributed by atoms with E-state index in [1.807, 2.05) is 0 Å². The summed E-state index contributed by atoms with van der Waals surface area (Å²) in [6.45, 7) is 1.19. The average Bonchev–Trinajstić information content (AvgIpc) is 2.99. The fraction of sp³-hybridized carbons (Fsp3) is 0.118. The molecule has 0 unspecified atom stereocenters. The first-order valence-electron chi connectivity index (χ1n) is 7.38. The Morgan fingerprint density at radius 2 is 1.88 bits per heavy atom. The van der Waals surface area contributed by atoms with Crippen LogP contribution < -0.4 is 0 Å². The molecular weight excluding hydrogens is 324 g/mol. The Morgan fingerprint density at radius 1 is 1.16 bits per heavy atom. The number of pyridine rings is 1. The van der Waals surface area contributed by atoms with Crippen LogP contribution in [0.25, 0.3) is 5.65 Å². The zero-order valence-electron chi connectivity index (χ0n) is 13.2. The molecule has 0 atom stereocenters. The van der Waals surface area contributed by atoms with Gasteiger partial charge in [0.05, 0.1) is 12.3 Å². The Labute approximate surface area is 142 Å². The Morgan fingerprint density at radius 3 is 2.48 bits per heavy atom. The van der Waals surface area contributed by atoms with Gasteiger partial charge in [0.2, 0.25) is 0 Å². The number of aliphatic hydroxyl groups is 1. The van der Waals surface area contributed by atoms with Crippen molar-refractivity contribution in [1.82, 2.24) is 9.38 Å². The standard InChI is InChI=1S/C17H14N4O4/c1-10(23)11-4-6-13(7-5-11)19-20-16-14(17(24)25)18-15-12(9-22)3-2-8-21(15)16/h2-8,22H,9H2,1H3,(H,24,25). The van der Waals surface area contributed by atoms with E-state index in [1.165, 1.54) is 11.3 Å². The zero-order valence-corrected chi connectivity index (χ0v) is 13.2. The molecule has 1 aromatic carbocycles. The number of carboxylic acid groups (broad SMARTS) is 1. The van der Waals surface area contributed by atoms with Crippen LogP contribution in [0.15, 0.2) is 52.8 Å². The Balaban J connectivity index is 2.06. The van der Waals surface area contributed by atoms with Gasteiger partial charge in [0.15, 0.2) is 17.3 Å². The third-order valence-electron chi connectivity index (χ3n) is 3.61. The molecule has 2 heterocycles. The van der Waals surface area contributed by atoms with Crippen molar-refractivity contribution in [1.29, 1.82) is 0 Å². The second-order valence-corrected chi connectivity index (χ2v) is 5.28. The molecule has 0 fully saturated rings. The second kappa shape index (κ2) is 6.62. The highest BCUT2D eigenvalue weighted by Gasteiger charge is 2.19. The molecule has 0 spiro atoms. The molecular formula is C17H14N4O4. The van der Waals surface area contributed by atoms with Gasteiger partial charge in [-0.05, 0) is 37.3 Å². The molecule has 3 aromatic rings. The van der Waals surface area contributed by atoms with E-state index < -0.39 is 5.97 Å². The normalized spacial score (nSPS) is 11.3. The summed E-state index contributed by atoms with van der Waals surface area (Å²) in [7, 11) is 0. The van der Waals surface area contributed by atoms with E-state index in [0.717, 1.165) is 0 Å². The predicted octanol–water partition coefficient (Wildman–Crippen LogP) is 3.14. The number of hydrogen-bond acceptors (Lipinski definition) is 6. The summed E-state index contributed by atoms with van der Waals surface area (Å²) in [4.78, 5) is 26.8. The molecule has 3 rings (SSSR count). The Kier molecular flexibility index (Phi) is 4.36. The zero-order chi connectivity index (χ0) is 18.0. The highest BCUT2D eigenvalue weighted by molar-refractivity contribution is 5.94. The van der Waals surface area contributed by atoms with Crippen LogP contribution in [0.2, 0.25) is 0 Å². The van der Waals surface area contributed by atoms with Gasteiger partial charge in [0.25, 0.3) is 0 Å². The molecule has 0 bridgehead atoms. The smallest absolute Gasteiger partial charge is 0.358 e. The van der Waals surface area contributed by atoms with Gasteiger partial charge in [0.1, 0.15) is 5.65 Å². The lowest BCUT2D eigenvalue weighted by Gasteiger charge is -2.00. The summed E-state index contributed by atoms with van der Waals surface area (Å²) in [6, 6.07) is 9.77. The first kappa shape index (κ1) is 16.5. The van der Waals surface area contributed by atoms with Crippen LogP contribution in [0.4, 0.5) is 11.5 Å². The lowest BCUT2D eigenvalue weighted by Crippen LogP contribution is -1.96. The maximum absolute atomic E-state index is 11.4. The number of rotatable bonds is 5. The topological polar surface area (TPSA) is 117 Å². The minimum Gasteiger partial charge on any atom is -0.476 e. The van der Waals surface area contributed by atoms with Crippen molar-refractivity contribution in [3.05, 3.63) is 59.4 Å². The molecule has 0 aliphatic rings. The van der Waals surface area contributed by atoms with Crippen LogP contribution in [0, 0.1) is 0 Å². The first-order valence-corrected chi connectivity index (χ1v) is 7.38. The second-order valence-electron chi connectivity index (χ2n) is 5.28. The van der Waals surface area contributed by atoms with Gasteiger partial charge in [-0.15, -0.1) is 10.2 Å². The highest BCUT2D eigenvalue weighted by atomic mass is 16.4. The summed E-state index contributed by atoms with van der Waals surface area (Å²) in [5.74, 6) is -1.25. The predicted molar refractivity (Wildman–Crippen MR) is 88.7 cm³/mol. The van der Waals surface area contributed by atoms with E-state index in [2.05, 4.69) is 15.2 Å². The van der Waals surface area contributed by atoms with Crippen LogP contribution >= 0.6 is 0 Å². The first-order chi connectivity index (χ1) is 12.0. The maximum atomic E-state index is 11.4. The SMILES string of the molecule is CC(=O)c1ccc(N=Nc2c(C(=O)O)nc3c(CO)cccn23)cc1. The number of nitrogens with zero attached hydrogens (tertiary/aromatic N) is 4. The molecule has 8 heteroatoms.